The monoisotopic (exact) mass is 303 g/mol. The lowest BCUT2D eigenvalue weighted by Crippen LogP contribution is -2.18. The Balaban J connectivity index is 1.64. The minimum absolute atomic E-state index is 0.209. The van der Waals surface area contributed by atoms with Crippen LogP contribution in [0.2, 0.25) is 0 Å². The van der Waals surface area contributed by atoms with Crippen molar-refractivity contribution in [1.82, 2.24) is 9.97 Å². The molecule has 4 rings (SSSR count). The predicted octanol–water partition coefficient (Wildman–Crippen LogP) is 2.85. The lowest BCUT2D eigenvalue weighted by Gasteiger charge is -2.14. The number of nitrogens with one attached hydrogen (secondary N) is 1. The summed E-state index contributed by atoms with van der Waals surface area (Å²) in [5.74, 6) is 0.00650. The number of carbonyl (C=O) groups is 1. The second-order valence-electron chi connectivity index (χ2n) is 5.95. The van der Waals surface area contributed by atoms with Gasteiger partial charge in [-0.05, 0) is 44.1 Å². The van der Waals surface area contributed by atoms with Gasteiger partial charge in [-0.15, -0.1) is 11.3 Å². The molecule has 110 valence electrons. The van der Waals surface area contributed by atoms with Crippen molar-refractivity contribution < 1.29 is 9.90 Å². The van der Waals surface area contributed by atoms with Crippen LogP contribution in [0.25, 0.3) is 10.2 Å². The molecule has 2 N–H and O–H groups in total. The maximum atomic E-state index is 11.1. The highest BCUT2D eigenvalue weighted by Crippen LogP contribution is 2.40. The highest BCUT2D eigenvalue weighted by molar-refractivity contribution is 7.19. The maximum Gasteiger partial charge on any atom is 0.306 e. The Morgan fingerprint density at radius 3 is 3.05 bits per heavy atom. The number of hydrogen-bond donors (Lipinski definition) is 2. The van der Waals surface area contributed by atoms with E-state index in [2.05, 4.69) is 15.3 Å². The van der Waals surface area contributed by atoms with Crippen LogP contribution in [0.5, 0.6) is 0 Å². The summed E-state index contributed by atoms with van der Waals surface area (Å²) in [5, 5.41) is 13.8. The summed E-state index contributed by atoms with van der Waals surface area (Å²) >= 11 is 1.78. The molecule has 1 fully saturated rings. The summed E-state index contributed by atoms with van der Waals surface area (Å²) in [4.78, 5) is 22.4. The second-order valence-corrected chi connectivity index (χ2v) is 7.03. The van der Waals surface area contributed by atoms with Crippen molar-refractivity contribution in [3.05, 3.63) is 16.8 Å². The van der Waals surface area contributed by atoms with E-state index in [0.717, 1.165) is 36.3 Å². The molecule has 0 bridgehead atoms. The Kier molecular flexibility index (Phi) is 3.06. The third-order valence-corrected chi connectivity index (χ3v) is 5.82. The standard InChI is InChI=1S/C15H17N3O2S/c19-15(20)8-4-5-9(6-8)18-13-12-10-2-1-3-11(10)21-14(12)17-7-16-13/h7-9H,1-6H2,(H,19,20)(H,16,17,18). The van der Waals surface area contributed by atoms with Gasteiger partial charge in [-0.3, -0.25) is 4.79 Å². The first-order chi connectivity index (χ1) is 10.2. The van der Waals surface area contributed by atoms with Crippen LogP contribution in [0, 0.1) is 5.92 Å². The van der Waals surface area contributed by atoms with Gasteiger partial charge in [-0.1, -0.05) is 0 Å². The van der Waals surface area contributed by atoms with Gasteiger partial charge < -0.3 is 10.4 Å². The van der Waals surface area contributed by atoms with Gasteiger partial charge >= 0.3 is 5.97 Å². The summed E-state index contributed by atoms with van der Waals surface area (Å²) in [7, 11) is 0. The number of rotatable bonds is 3. The van der Waals surface area contributed by atoms with E-state index < -0.39 is 5.97 Å². The molecule has 0 aromatic carbocycles. The number of aromatic nitrogens is 2. The lowest BCUT2D eigenvalue weighted by atomic mass is 10.1. The van der Waals surface area contributed by atoms with E-state index in [1.54, 1.807) is 17.7 Å². The van der Waals surface area contributed by atoms with Gasteiger partial charge in [-0.2, -0.15) is 0 Å². The fraction of sp³-hybridized carbons (Fsp3) is 0.533. The fourth-order valence-electron chi connectivity index (χ4n) is 3.57. The van der Waals surface area contributed by atoms with Crippen LogP contribution < -0.4 is 5.32 Å². The van der Waals surface area contributed by atoms with E-state index in [1.807, 2.05) is 0 Å². The third-order valence-electron chi connectivity index (χ3n) is 4.62. The molecule has 2 aromatic heterocycles. The summed E-state index contributed by atoms with van der Waals surface area (Å²) in [6.07, 6.45) is 7.43. The highest BCUT2D eigenvalue weighted by atomic mass is 32.1. The fourth-order valence-corrected chi connectivity index (χ4v) is 4.80. The van der Waals surface area contributed by atoms with Gasteiger partial charge in [0.05, 0.1) is 11.3 Å². The van der Waals surface area contributed by atoms with Crippen molar-refractivity contribution >= 4 is 33.3 Å². The molecule has 21 heavy (non-hydrogen) atoms. The molecular formula is C15H17N3O2S. The molecule has 0 amide bonds. The van der Waals surface area contributed by atoms with Gasteiger partial charge in [-0.25, -0.2) is 9.97 Å². The quantitative estimate of drug-likeness (QED) is 0.912. The number of anilines is 1. The minimum Gasteiger partial charge on any atom is -0.481 e. The molecular weight excluding hydrogens is 286 g/mol. The number of aliphatic carboxylic acids is 1. The first kappa shape index (κ1) is 13.0. The van der Waals surface area contributed by atoms with E-state index in [9.17, 15) is 4.79 Å². The summed E-state index contributed by atoms with van der Waals surface area (Å²) in [6, 6.07) is 0.209. The van der Waals surface area contributed by atoms with Crippen molar-refractivity contribution in [1.29, 1.82) is 0 Å². The van der Waals surface area contributed by atoms with E-state index in [1.165, 1.54) is 22.2 Å². The Hall–Kier alpha value is -1.69. The zero-order valence-corrected chi connectivity index (χ0v) is 12.4. The van der Waals surface area contributed by atoms with Gasteiger partial charge in [0.1, 0.15) is 17.0 Å². The molecule has 0 aliphatic heterocycles. The molecule has 6 heteroatoms. The number of nitrogens with zero attached hydrogens (tertiary/aromatic N) is 2. The largest absolute Gasteiger partial charge is 0.481 e. The molecule has 2 heterocycles. The van der Waals surface area contributed by atoms with Crippen LogP contribution in [0.3, 0.4) is 0 Å². The molecule has 2 unspecified atom stereocenters. The summed E-state index contributed by atoms with van der Waals surface area (Å²) < 4.78 is 0. The normalized spacial score (nSPS) is 24.4. The second kappa shape index (κ2) is 4.94. The Bertz CT molecular complexity index is 712. The van der Waals surface area contributed by atoms with E-state index >= 15 is 0 Å². The smallest absolute Gasteiger partial charge is 0.306 e. The van der Waals surface area contributed by atoms with Crippen molar-refractivity contribution in [2.45, 2.75) is 44.6 Å². The average Bonchev–Trinajstić information content (AvgIpc) is 3.12. The Morgan fingerprint density at radius 1 is 1.33 bits per heavy atom. The molecule has 2 aliphatic carbocycles. The number of hydrogen-bond acceptors (Lipinski definition) is 5. The predicted molar refractivity (Wildman–Crippen MR) is 81.8 cm³/mol. The first-order valence-electron chi connectivity index (χ1n) is 7.47. The first-order valence-corrected chi connectivity index (χ1v) is 8.28. The number of thiophene rings is 1. The van der Waals surface area contributed by atoms with Crippen LogP contribution in [-0.4, -0.2) is 27.1 Å². The molecule has 1 saturated carbocycles. The average molecular weight is 303 g/mol. The molecule has 0 radical (unpaired) electrons. The highest BCUT2D eigenvalue weighted by Gasteiger charge is 2.30. The van der Waals surface area contributed by atoms with Gasteiger partial charge in [0.2, 0.25) is 0 Å². The van der Waals surface area contributed by atoms with Gasteiger partial charge in [0, 0.05) is 10.9 Å². The topological polar surface area (TPSA) is 75.1 Å². The van der Waals surface area contributed by atoms with E-state index in [-0.39, 0.29) is 12.0 Å². The van der Waals surface area contributed by atoms with Crippen LogP contribution >= 0.6 is 11.3 Å². The molecule has 2 aromatic rings. The van der Waals surface area contributed by atoms with Crippen LogP contribution in [0.4, 0.5) is 5.82 Å². The van der Waals surface area contributed by atoms with Crippen molar-refractivity contribution in [3.8, 4) is 0 Å². The zero-order chi connectivity index (χ0) is 14.4. The molecule has 2 aliphatic rings. The molecule has 0 spiro atoms. The summed E-state index contributed by atoms with van der Waals surface area (Å²) in [5.41, 5.74) is 1.41. The molecule has 2 atom stereocenters. The third kappa shape index (κ3) is 2.18. The van der Waals surface area contributed by atoms with Crippen LogP contribution in [-0.2, 0) is 17.6 Å². The zero-order valence-electron chi connectivity index (χ0n) is 11.6. The number of aryl methyl sites for hydroxylation is 2. The van der Waals surface area contributed by atoms with Crippen LogP contribution in [0.1, 0.15) is 36.1 Å². The maximum absolute atomic E-state index is 11.1. The van der Waals surface area contributed by atoms with Gasteiger partial charge in [0.15, 0.2) is 0 Å². The number of fused-ring (bicyclic) bond motifs is 3. The summed E-state index contributed by atoms with van der Waals surface area (Å²) in [6.45, 7) is 0. The van der Waals surface area contributed by atoms with E-state index in [4.69, 9.17) is 5.11 Å². The van der Waals surface area contributed by atoms with Gasteiger partial charge in [0.25, 0.3) is 0 Å². The Morgan fingerprint density at radius 2 is 2.24 bits per heavy atom. The van der Waals surface area contributed by atoms with Crippen molar-refractivity contribution in [2.24, 2.45) is 5.92 Å². The Labute approximate surface area is 126 Å². The molecule has 0 saturated heterocycles. The lowest BCUT2D eigenvalue weighted by molar-refractivity contribution is -0.141. The van der Waals surface area contributed by atoms with Crippen LogP contribution in [0.15, 0.2) is 6.33 Å². The molecule has 5 nitrogen and oxygen atoms in total. The SMILES string of the molecule is O=C(O)C1CCC(Nc2ncnc3sc4c(c23)CCC4)C1. The minimum atomic E-state index is -0.677. The van der Waals surface area contributed by atoms with Crippen molar-refractivity contribution in [2.75, 3.05) is 5.32 Å². The van der Waals surface area contributed by atoms with E-state index in [0.29, 0.717) is 6.42 Å². The van der Waals surface area contributed by atoms with Crippen molar-refractivity contribution in [3.63, 3.8) is 0 Å². The number of carboxylic acid groups (broad SMARTS) is 1. The number of carboxylic acids is 1.